The molecule has 0 radical (unpaired) electrons. The van der Waals surface area contributed by atoms with Gasteiger partial charge in [-0.2, -0.15) is 5.10 Å². The van der Waals surface area contributed by atoms with Crippen LogP contribution in [-0.4, -0.2) is 34.2 Å². The van der Waals surface area contributed by atoms with Gasteiger partial charge in [0.25, 0.3) is 5.91 Å². The van der Waals surface area contributed by atoms with Crippen LogP contribution in [0.2, 0.25) is 0 Å². The molecule has 10 heteroatoms. The third kappa shape index (κ3) is 6.11. The molecule has 9 nitrogen and oxygen atoms in total. The number of nitrogens with zero attached hydrogens (tertiary/aromatic N) is 3. The Morgan fingerprint density at radius 3 is 2.32 bits per heavy atom. The zero-order valence-corrected chi connectivity index (χ0v) is 21.9. The number of amides is 3. The van der Waals surface area contributed by atoms with E-state index in [0.29, 0.717) is 12.3 Å². The van der Waals surface area contributed by atoms with E-state index < -0.39 is 22.5 Å². The molecule has 1 aromatic carbocycles. The van der Waals surface area contributed by atoms with Crippen molar-refractivity contribution in [2.45, 2.75) is 88.4 Å². The summed E-state index contributed by atoms with van der Waals surface area (Å²) in [5.41, 5.74) is 5.78. The van der Waals surface area contributed by atoms with Crippen LogP contribution in [-0.2, 0) is 45.3 Å². The maximum absolute atomic E-state index is 12.7. The molecule has 0 unspecified atom stereocenters. The van der Waals surface area contributed by atoms with Gasteiger partial charge in [-0.05, 0) is 79.5 Å². The molecule has 0 saturated heterocycles. The fourth-order valence-electron chi connectivity index (χ4n) is 5.92. The quantitative estimate of drug-likeness (QED) is 0.418. The van der Waals surface area contributed by atoms with E-state index in [2.05, 4.69) is 26.2 Å². The van der Waals surface area contributed by atoms with Gasteiger partial charge in [0.2, 0.25) is 5.91 Å². The molecule has 198 valence electrons. The monoisotopic (exact) mass is 524 g/mol. The first-order valence-corrected chi connectivity index (χ1v) is 14.5. The van der Waals surface area contributed by atoms with Gasteiger partial charge >= 0.3 is 6.03 Å². The predicted octanol–water partition coefficient (Wildman–Crippen LogP) is 4.72. The number of hydrogen-bond donors (Lipinski definition) is 2. The van der Waals surface area contributed by atoms with Crippen molar-refractivity contribution in [2.24, 2.45) is 10.3 Å². The normalized spacial score (nSPS) is 18.2. The summed E-state index contributed by atoms with van der Waals surface area (Å²) in [6.07, 6.45) is 15.9. The number of urea groups is 1. The molecule has 1 saturated carbocycles. The first-order valence-electron chi connectivity index (χ1n) is 13.4. The van der Waals surface area contributed by atoms with Gasteiger partial charge < -0.3 is 19.2 Å². The molecule has 3 aliphatic carbocycles. The van der Waals surface area contributed by atoms with E-state index in [4.69, 9.17) is 0 Å². The van der Waals surface area contributed by atoms with E-state index in [-0.39, 0.29) is 17.3 Å². The van der Waals surface area contributed by atoms with Crippen molar-refractivity contribution < 1.29 is 18.6 Å². The second kappa shape index (κ2) is 11.6. The van der Waals surface area contributed by atoms with Crippen molar-refractivity contribution >= 4 is 34.1 Å². The number of fused-ring (bicyclic) bond motifs is 2. The van der Waals surface area contributed by atoms with Gasteiger partial charge in [-0.3, -0.25) is 9.59 Å². The second-order valence-electron chi connectivity index (χ2n) is 10.4. The smallest absolute Gasteiger partial charge is 0.322 e. The van der Waals surface area contributed by atoms with Crippen LogP contribution in [0.15, 0.2) is 27.7 Å². The molecule has 1 aromatic heterocycles. The predicted molar refractivity (Wildman–Crippen MR) is 140 cm³/mol. The molecule has 5 rings (SSSR count). The van der Waals surface area contributed by atoms with Crippen molar-refractivity contribution in [1.29, 1.82) is 0 Å². The Kier molecular flexibility index (Phi) is 8.02. The number of rotatable bonds is 6. The van der Waals surface area contributed by atoms with E-state index in [1.165, 1.54) is 47.5 Å². The van der Waals surface area contributed by atoms with Crippen LogP contribution in [0.5, 0.6) is 0 Å². The summed E-state index contributed by atoms with van der Waals surface area (Å²) in [5, 5.41) is 9.54. The minimum absolute atomic E-state index is 0.137. The summed E-state index contributed by atoms with van der Waals surface area (Å²) in [6, 6.07) is 1.61. The van der Waals surface area contributed by atoms with E-state index in [1.54, 1.807) is 0 Å². The SMILES string of the molecule is O=C(CC1CCCCCC1)NCC(=O)n1cc(/[S-](=O)=N/C(=O)Nc2c3c(cc4c2CCC4)CCC3)cn1. The molecule has 0 atom stereocenters. The zero-order chi connectivity index (χ0) is 25.8. The average molecular weight is 525 g/mol. The van der Waals surface area contributed by atoms with Crippen LogP contribution < -0.4 is 10.6 Å². The molecular formula is C27H34N5O4S-. The van der Waals surface area contributed by atoms with Crippen LogP contribution in [0.4, 0.5) is 10.5 Å². The van der Waals surface area contributed by atoms with Gasteiger partial charge in [0, 0.05) is 24.5 Å². The van der Waals surface area contributed by atoms with Gasteiger partial charge in [-0.1, -0.05) is 36.6 Å². The third-order valence-electron chi connectivity index (χ3n) is 7.77. The second-order valence-corrected chi connectivity index (χ2v) is 11.5. The van der Waals surface area contributed by atoms with Crippen LogP contribution in [0, 0.1) is 5.92 Å². The Bertz CT molecular complexity index is 1250. The van der Waals surface area contributed by atoms with Crippen LogP contribution in [0.3, 0.4) is 0 Å². The van der Waals surface area contributed by atoms with E-state index in [1.807, 2.05) is 0 Å². The summed E-state index contributed by atoms with van der Waals surface area (Å²) in [7, 11) is -2.01. The number of carbonyl (C=O) groups is 3. The lowest BCUT2D eigenvalue weighted by Gasteiger charge is -2.15. The summed E-state index contributed by atoms with van der Waals surface area (Å²) >= 11 is 0. The Balaban J connectivity index is 1.18. The fraction of sp³-hybridized carbons (Fsp3) is 0.556. The molecule has 0 aliphatic heterocycles. The van der Waals surface area contributed by atoms with Crippen molar-refractivity contribution in [3.05, 3.63) is 40.7 Å². The van der Waals surface area contributed by atoms with Crippen molar-refractivity contribution in [2.75, 3.05) is 11.9 Å². The van der Waals surface area contributed by atoms with Gasteiger partial charge in [0.1, 0.15) is 0 Å². The number of aryl methyl sites for hydroxylation is 2. The topological polar surface area (TPSA) is 123 Å². The Morgan fingerprint density at radius 1 is 0.973 bits per heavy atom. The molecule has 2 aromatic rings. The highest BCUT2D eigenvalue weighted by Crippen LogP contribution is 2.38. The Morgan fingerprint density at radius 2 is 1.65 bits per heavy atom. The molecule has 3 aliphatic rings. The summed E-state index contributed by atoms with van der Waals surface area (Å²) < 4.78 is 17.5. The lowest BCUT2D eigenvalue weighted by atomic mass is 9.96. The molecule has 3 amide bonds. The van der Waals surface area contributed by atoms with Gasteiger partial charge in [-0.15, -0.1) is 10.6 Å². The van der Waals surface area contributed by atoms with Gasteiger partial charge in [-0.25, -0.2) is 9.48 Å². The highest BCUT2D eigenvalue weighted by atomic mass is 32.2. The molecule has 37 heavy (non-hydrogen) atoms. The largest absolute Gasteiger partial charge is 0.439 e. The molecule has 1 fully saturated rings. The fourth-order valence-corrected chi connectivity index (χ4v) is 6.54. The standard InChI is InChI=1S/C27H34N5O4S/c33-24(13-18-7-3-1-2-4-8-18)28-16-25(34)32-17-21(15-29-32)37(36)31-27(35)30-26-22-11-5-9-19(22)14-20-10-6-12-23(20)26/h14-15,17-18H,1-13,16H2,(H,28,33)(H,30,35)/q-1. The molecule has 0 bridgehead atoms. The minimum Gasteiger partial charge on any atom is -0.439 e. The van der Waals surface area contributed by atoms with Crippen molar-refractivity contribution in [3.63, 3.8) is 0 Å². The van der Waals surface area contributed by atoms with Gasteiger partial charge in [0.05, 0.1) is 6.54 Å². The highest BCUT2D eigenvalue weighted by Gasteiger charge is 2.24. The van der Waals surface area contributed by atoms with Crippen molar-refractivity contribution in [3.8, 4) is 0 Å². The van der Waals surface area contributed by atoms with E-state index >= 15 is 0 Å². The number of anilines is 1. The first kappa shape index (κ1) is 25.6. The number of nitrogens with one attached hydrogen (secondary N) is 2. The first-order chi connectivity index (χ1) is 18.0. The number of carbonyl (C=O) groups excluding carboxylic acids is 3. The van der Waals surface area contributed by atoms with Crippen molar-refractivity contribution in [1.82, 2.24) is 15.1 Å². The van der Waals surface area contributed by atoms with Crippen LogP contribution in [0.25, 0.3) is 0 Å². The van der Waals surface area contributed by atoms with E-state index in [9.17, 15) is 18.6 Å². The molecule has 2 N–H and O–H groups in total. The maximum atomic E-state index is 12.7. The average Bonchev–Trinajstić information content (AvgIpc) is 3.62. The lowest BCUT2D eigenvalue weighted by molar-refractivity contribution is -0.122. The third-order valence-corrected chi connectivity index (χ3v) is 8.72. The number of benzene rings is 1. The highest BCUT2D eigenvalue weighted by molar-refractivity contribution is 7.75. The minimum atomic E-state index is -2.01. The summed E-state index contributed by atoms with van der Waals surface area (Å²) in [5.74, 6) is -0.207. The Hall–Kier alpha value is -3.01. The molecule has 1 heterocycles. The summed E-state index contributed by atoms with van der Waals surface area (Å²) in [4.78, 5) is 37.6. The molecule has 0 spiro atoms. The Labute approximate surface area is 219 Å². The zero-order valence-electron chi connectivity index (χ0n) is 21.1. The number of aromatic nitrogens is 2. The van der Waals surface area contributed by atoms with Crippen LogP contribution >= 0.6 is 0 Å². The van der Waals surface area contributed by atoms with Gasteiger partial charge in [0.15, 0.2) is 0 Å². The van der Waals surface area contributed by atoms with E-state index in [0.717, 1.165) is 74.6 Å². The summed E-state index contributed by atoms with van der Waals surface area (Å²) in [6.45, 7) is -0.193. The van der Waals surface area contributed by atoms with Crippen LogP contribution in [0.1, 0.15) is 84.8 Å². The lowest BCUT2D eigenvalue weighted by Crippen LogP contribution is -2.33. The maximum Gasteiger partial charge on any atom is 0.322 e. The molecular weight excluding hydrogens is 490 g/mol. The number of hydrogen-bond acceptors (Lipinski definition) is 6.